The zero-order valence-corrected chi connectivity index (χ0v) is 15.0. The summed E-state index contributed by atoms with van der Waals surface area (Å²) in [6, 6.07) is 22.6. The molecule has 138 valence electrons. The van der Waals surface area contributed by atoms with Crippen molar-refractivity contribution in [1.29, 1.82) is 0 Å². The zero-order valence-electron chi connectivity index (χ0n) is 15.0. The third kappa shape index (κ3) is 4.66. The Kier molecular flexibility index (Phi) is 5.35. The van der Waals surface area contributed by atoms with Gasteiger partial charge in [0.25, 0.3) is 0 Å². The number of hydrogen-bond acceptors (Lipinski definition) is 3. The third-order valence-electron chi connectivity index (χ3n) is 4.63. The average Bonchev–Trinajstić information content (AvgIpc) is 3.10. The molecule has 0 radical (unpaired) electrons. The van der Waals surface area contributed by atoms with Crippen molar-refractivity contribution in [1.82, 2.24) is 5.32 Å². The van der Waals surface area contributed by atoms with Gasteiger partial charge in [-0.05, 0) is 47.0 Å². The number of ether oxygens (including phenoxy) is 2. The van der Waals surface area contributed by atoms with E-state index >= 15 is 0 Å². The first kappa shape index (κ1) is 17.6. The molecule has 3 aromatic carbocycles. The Morgan fingerprint density at radius 1 is 0.963 bits per heavy atom. The van der Waals surface area contributed by atoms with E-state index in [1.807, 2.05) is 42.5 Å². The quantitative estimate of drug-likeness (QED) is 0.671. The molecule has 0 fully saturated rings. The molecule has 1 aliphatic rings. The molecule has 0 saturated heterocycles. The van der Waals surface area contributed by atoms with Gasteiger partial charge in [0, 0.05) is 19.5 Å². The second kappa shape index (κ2) is 8.23. The van der Waals surface area contributed by atoms with E-state index in [0.29, 0.717) is 6.61 Å². The van der Waals surface area contributed by atoms with Crippen molar-refractivity contribution in [2.45, 2.75) is 25.7 Å². The van der Waals surface area contributed by atoms with E-state index in [1.165, 1.54) is 23.3 Å². The van der Waals surface area contributed by atoms with Crippen LogP contribution in [0.3, 0.4) is 0 Å². The first-order chi connectivity index (χ1) is 13.3. The molecule has 1 heterocycles. The van der Waals surface area contributed by atoms with Gasteiger partial charge >= 0.3 is 0 Å². The van der Waals surface area contributed by atoms with Crippen LogP contribution >= 0.6 is 0 Å². The van der Waals surface area contributed by atoms with Gasteiger partial charge in [0.1, 0.15) is 30.0 Å². The van der Waals surface area contributed by atoms with Gasteiger partial charge in [-0.25, -0.2) is 4.39 Å². The molecule has 0 spiro atoms. The fraction of sp³-hybridized carbons (Fsp3) is 0.217. The molecule has 4 rings (SSSR count). The van der Waals surface area contributed by atoms with Crippen LogP contribution in [0.2, 0.25) is 0 Å². The van der Waals surface area contributed by atoms with Crippen molar-refractivity contribution in [3.63, 3.8) is 0 Å². The molecule has 3 aromatic rings. The van der Waals surface area contributed by atoms with E-state index in [1.54, 1.807) is 6.07 Å². The minimum atomic E-state index is -0.244. The van der Waals surface area contributed by atoms with E-state index < -0.39 is 0 Å². The topological polar surface area (TPSA) is 30.5 Å². The van der Waals surface area contributed by atoms with Gasteiger partial charge in [-0.15, -0.1) is 0 Å². The maximum atomic E-state index is 13.2. The molecule has 3 nitrogen and oxygen atoms in total. The molecule has 1 N–H and O–H groups in total. The first-order valence-corrected chi connectivity index (χ1v) is 9.18. The predicted octanol–water partition coefficient (Wildman–Crippen LogP) is 4.50. The lowest BCUT2D eigenvalue weighted by atomic mass is 10.1. The summed E-state index contributed by atoms with van der Waals surface area (Å²) in [5.41, 5.74) is 3.28. The molecule has 0 aliphatic carbocycles. The average molecular weight is 363 g/mol. The molecule has 0 saturated carbocycles. The van der Waals surface area contributed by atoms with E-state index in [2.05, 4.69) is 17.4 Å². The van der Waals surface area contributed by atoms with Gasteiger partial charge < -0.3 is 14.8 Å². The molecule has 0 bridgehead atoms. The summed E-state index contributed by atoms with van der Waals surface area (Å²) in [6.07, 6.45) is 1.15. The Morgan fingerprint density at radius 3 is 2.63 bits per heavy atom. The summed E-state index contributed by atoms with van der Waals surface area (Å²) < 4.78 is 24.8. The van der Waals surface area contributed by atoms with Crippen molar-refractivity contribution in [3.05, 3.63) is 95.3 Å². The highest BCUT2D eigenvalue weighted by Gasteiger charge is 2.21. The lowest BCUT2D eigenvalue weighted by molar-refractivity contribution is 0.227. The van der Waals surface area contributed by atoms with Crippen LogP contribution in [0, 0.1) is 5.82 Å². The van der Waals surface area contributed by atoms with Gasteiger partial charge in [0.15, 0.2) is 0 Å². The standard InChI is InChI=1S/C23H22FNO2/c24-20-6-3-4-18(12-20)16-26-21-10-8-17(9-11-21)14-25-15-22-13-19-5-1-2-7-23(19)27-22/h1-12,22,25H,13-16H2/t22-/m0/s1. The van der Waals surface area contributed by atoms with Gasteiger partial charge in [0.05, 0.1) is 0 Å². The molecular weight excluding hydrogens is 341 g/mol. The number of hydrogen-bond donors (Lipinski definition) is 1. The number of rotatable bonds is 7. The lowest BCUT2D eigenvalue weighted by Crippen LogP contribution is -2.29. The van der Waals surface area contributed by atoms with Crippen LogP contribution < -0.4 is 14.8 Å². The molecule has 0 aromatic heterocycles. The van der Waals surface area contributed by atoms with Crippen molar-refractivity contribution in [3.8, 4) is 11.5 Å². The van der Waals surface area contributed by atoms with Crippen molar-refractivity contribution in [2.75, 3.05) is 6.54 Å². The number of fused-ring (bicyclic) bond motifs is 1. The van der Waals surface area contributed by atoms with Crippen LogP contribution in [0.4, 0.5) is 4.39 Å². The molecular formula is C23H22FNO2. The van der Waals surface area contributed by atoms with E-state index in [-0.39, 0.29) is 11.9 Å². The molecule has 27 heavy (non-hydrogen) atoms. The fourth-order valence-electron chi connectivity index (χ4n) is 3.24. The molecule has 1 aliphatic heterocycles. The summed E-state index contributed by atoms with van der Waals surface area (Å²) in [4.78, 5) is 0. The highest BCUT2D eigenvalue weighted by atomic mass is 19.1. The van der Waals surface area contributed by atoms with Crippen molar-refractivity contribution < 1.29 is 13.9 Å². The van der Waals surface area contributed by atoms with Gasteiger partial charge in [-0.3, -0.25) is 0 Å². The summed E-state index contributed by atoms with van der Waals surface area (Å²) in [5.74, 6) is 1.54. The van der Waals surface area contributed by atoms with Crippen LogP contribution in [-0.2, 0) is 19.6 Å². The smallest absolute Gasteiger partial charge is 0.123 e. The lowest BCUT2D eigenvalue weighted by Gasteiger charge is -2.12. The summed E-state index contributed by atoms with van der Waals surface area (Å²) in [6.45, 7) is 1.95. The molecule has 1 atom stereocenters. The first-order valence-electron chi connectivity index (χ1n) is 9.18. The molecule has 4 heteroatoms. The minimum Gasteiger partial charge on any atom is -0.489 e. The Labute approximate surface area is 158 Å². The van der Waals surface area contributed by atoms with E-state index in [9.17, 15) is 4.39 Å². The maximum Gasteiger partial charge on any atom is 0.123 e. The second-order valence-corrected chi connectivity index (χ2v) is 6.75. The van der Waals surface area contributed by atoms with Crippen molar-refractivity contribution in [2.24, 2.45) is 0 Å². The number of halogens is 1. The van der Waals surface area contributed by atoms with Crippen LogP contribution in [0.1, 0.15) is 16.7 Å². The highest BCUT2D eigenvalue weighted by Crippen LogP contribution is 2.27. The minimum absolute atomic E-state index is 0.191. The molecule has 0 unspecified atom stereocenters. The summed E-state index contributed by atoms with van der Waals surface area (Å²) in [5, 5.41) is 3.45. The van der Waals surface area contributed by atoms with Crippen LogP contribution in [0.25, 0.3) is 0 Å². The van der Waals surface area contributed by atoms with Crippen molar-refractivity contribution >= 4 is 0 Å². The van der Waals surface area contributed by atoms with Crippen LogP contribution in [0.5, 0.6) is 11.5 Å². The fourth-order valence-corrected chi connectivity index (χ4v) is 3.24. The number of benzene rings is 3. The van der Waals surface area contributed by atoms with Crippen LogP contribution in [-0.4, -0.2) is 12.6 Å². The number of para-hydroxylation sites is 1. The normalized spacial score (nSPS) is 15.2. The largest absolute Gasteiger partial charge is 0.489 e. The number of nitrogens with one attached hydrogen (secondary N) is 1. The molecule has 0 amide bonds. The van der Waals surface area contributed by atoms with E-state index in [4.69, 9.17) is 9.47 Å². The van der Waals surface area contributed by atoms with Gasteiger partial charge in [0.2, 0.25) is 0 Å². The second-order valence-electron chi connectivity index (χ2n) is 6.75. The summed E-state index contributed by atoms with van der Waals surface area (Å²) in [7, 11) is 0. The Balaban J connectivity index is 1.22. The Morgan fingerprint density at radius 2 is 1.81 bits per heavy atom. The van der Waals surface area contributed by atoms with Gasteiger partial charge in [-0.1, -0.05) is 42.5 Å². The highest BCUT2D eigenvalue weighted by molar-refractivity contribution is 5.37. The third-order valence-corrected chi connectivity index (χ3v) is 4.63. The van der Waals surface area contributed by atoms with Gasteiger partial charge in [-0.2, -0.15) is 0 Å². The monoisotopic (exact) mass is 363 g/mol. The van der Waals surface area contributed by atoms with Crippen LogP contribution in [0.15, 0.2) is 72.8 Å². The zero-order chi connectivity index (χ0) is 18.5. The summed E-state index contributed by atoms with van der Waals surface area (Å²) >= 11 is 0. The Hall–Kier alpha value is -2.85. The maximum absolute atomic E-state index is 13.2. The SMILES string of the molecule is Fc1cccc(COc2ccc(CNC[C@@H]3Cc4ccccc4O3)cc2)c1. The van der Waals surface area contributed by atoms with E-state index in [0.717, 1.165) is 36.6 Å². The predicted molar refractivity (Wildman–Crippen MR) is 103 cm³/mol. The Bertz CT molecular complexity index is 870.